The minimum absolute atomic E-state index is 0.0235. The van der Waals surface area contributed by atoms with E-state index in [0.29, 0.717) is 0 Å². The predicted molar refractivity (Wildman–Crippen MR) is 55.7 cm³/mol. The molecule has 0 aliphatic heterocycles. The molecule has 0 aromatic heterocycles. The van der Waals surface area contributed by atoms with E-state index in [9.17, 15) is 0 Å². The monoisotopic (exact) mass is 190 g/mol. The molecule has 0 unspecified atom stereocenters. The van der Waals surface area contributed by atoms with Crippen molar-refractivity contribution in [1.29, 1.82) is 0 Å². The van der Waals surface area contributed by atoms with E-state index in [1.165, 1.54) is 46.5 Å². The smallest absolute Gasteiger partial charge is 0.156 e. The molecule has 1 aliphatic rings. The van der Waals surface area contributed by atoms with Crippen molar-refractivity contribution in [3.05, 3.63) is 0 Å². The number of nitrogens with one attached hydrogen (secondary N) is 1. The van der Waals surface area contributed by atoms with Crippen LogP contribution in [-0.4, -0.2) is 40.6 Å². The fourth-order valence-electron chi connectivity index (χ4n) is 1.44. The van der Waals surface area contributed by atoms with E-state index < -0.39 is 0 Å². The van der Waals surface area contributed by atoms with E-state index >= 15 is 0 Å². The van der Waals surface area contributed by atoms with Crippen molar-refractivity contribution in [2.45, 2.75) is 31.7 Å². The maximum absolute atomic E-state index is 3.72. The molecule has 0 aromatic carbocycles. The largest absolute Gasteiger partial charge is 0.376 e. The first-order valence-corrected chi connectivity index (χ1v) is 7.30. The van der Waals surface area contributed by atoms with E-state index in [1.807, 2.05) is 0 Å². The van der Waals surface area contributed by atoms with Crippen molar-refractivity contribution in [3.63, 3.8) is 0 Å². The summed E-state index contributed by atoms with van der Waals surface area (Å²) in [5.41, 5.74) is 0. The van der Waals surface area contributed by atoms with Crippen molar-refractivity contribution < 1.29 is 0 Å². The van der Waals surface area contributed by atoms with Gasteiger partial charge >= 0.3 is 0 Å². The van der Waals surface area contributed by atoms with Crippen molar-refractivity contribution in [2.75, 3.05) is 0 Å². The van der Waals surface area contributed by atoms with Crippen molar-refractivity contribution >= 4 is 30.7 Å². The first-order valence-electron chi connectivity index (χ1n) is 4.17. The van der Waals surface area contributed by atoms with Crippen LogP contribution in [0.5, 0.6) is 0 Å². The fourth-order valence-corrected chi connectivity index (χ4v) is 3.57. The van der Waals surface area contributed by atoms with Gasteiger partial charge in [-0.2, -0.15) is 0 Å². The Hall–Kier alpha value is 0.571. The van der Waals surface area contributed by atoms with Gasteiger partial charge in [-0.25, -0.2) is 0 Å². The second-order valence-electron chi connectivity index (χ2n) is 3.42. The molecule has 60 valence electrons. The normalized spacial score (nSPS) is 22.5. The molecule has 0 heterocycles. The summed E-state index contributed by atoms with van der Waals surface area (Å²) in [5.74, 6) is 0. The van der Waals surface area contributed by atoms with Crippen LogP contribution < -0.4 is 4.98 Å². The quantitative estimate of drug-likeness (QED) is 0.491. The third-order valence-corrected chi connectivity index (χ3v) is 5.34. The standard InChI is InChI=1S/C5H18N2Si3/c8-7(9)10-6-5-3-1-2-4-5/h5-6H,1-4,10H2,8-9H3. The van der Waals surface area contributed by atoms with Gasteiger partial charge in [0.05, 0.1) is 20.8 Å². The molecular weight excluding hydrogens is 172 g/mol. The molecule has 0 radical (unpaired) electrons. The predicted octanol–water partition coefficient (Wildman–Crippen LogP) is -2.62. The number of rotatable bonds is 3. The molecule has 0 bridgehead atoms. The molecule has 0 aromatic rings. The molecule has 1 rings (SSSR count). The third-order valence-electron chi connectivity index (χ3n) is 2.05. The Morgan fingerprint density at radius 1 is 1.30 bits per heavy atom. The van der Waals surface area contributed by atoms with E-state index in [-0.39, 0.29) is 9.84 Å². The van der Waals surface area contributed by atoms with Crippen LogP contribution in [0.2, 0.25) is 0 Å². The zero-order valence-electron chi connectivity index (χ0n) is 7.06. The highest BCUT2D eigenvalue weighted by Gasteiger charge is 2.13. The van der Waals surface area contributed by atoms with Crippen molar-refractivity contribution in [1.82, 2.24) is 8.88 Å². The topological polar surface area (TPSA) is 15.3 Å². The summed E-state index contributed by atoms with van der Waals surface area (Å²) in [5, 5.41) is 0. The fraction of sp³-hybridized carbons (Fsp3) is 1.00. The van der Waals surface area contributed by atoms with Gasteiger partial charge in [0.25, 0.3) is 0 Å². The molecule has 0 atom stereocenters. The van der Waals surface area contributed by atoms with Gasteiger partial charge in [0.1, 0.15) is 0 Å². The van der Waals surface area contributed by atoms with Gasteiger partial charge in [-0.15, -0.1) is 0 Å². The number of hydrogen-bond donors (Lipinski definition) is 1. The molecule has 10 heavy (non-hydrogen) atoms. The molecule has 5 heteroatoms. The Morgan fingerprint density at radius 2 is 1.90 bits per heavy atom. The summed E-state index contributed by atoms with van der Waals surface area (Å²) in [4.78, 5) is 3.72. The maximum Gasteiger partial charge on any atom is 0.156 e. The van der Waals surface area contributed by atoms with Crippen LogP contribution in [0.3, 0.4) is 0 Å². The minimum Gasteiger partial charge on any atom is -0.376 e. The summed E-state index contributed by atoms with van der Waals surface area (Å²) in [6, 6.07) is 0.914. The Bertz CT molecular complexity index is 92.9. The lowest BCUT2D eigenvalue weighted by molar-refractivity contribution is 0.636. The highest BCUT2D eigenvalue weighted by Crippen LogP contribution is 2.16. The van der Waals surface area contributed by atoms with Gasteiger partial charge in [-0.3, -0.25) is 0 Å². The van der Waals surface area contributed by atoms with Crippen LogP contribution in [0.4, 0.5) is 0 Å². The highest BCUT2D eigenvalue weighted by molar-refractivity contribution is 6.51. The van der Waals surface area contributed by atoms with Crippen LogP contribution in [0.15, 0.2) is 0 Å². The SMILES string of the molecule is [SiH3]N([SiH3])[SiH2]NC1CCCC1. The average Bonchev–Trinajstić information content (AvgIpc) is 2.34. The lowest BCUT2D eigenvalue weighted by Gasteiger charge is -2.15. The number of hydrogen-bond acceptors (Lipinski definition) is 2. The summed E-state index contributed by atoms with van der Waals surface area (Å²) >= 11 is 0. The van der Waals surface area contributed by atoms with Crippen LogP contribution in [-0.2, 0) is 0 Å². The Balaban J connectivity index is 2.01. The molecular formula is C5H18N2Si3. The van der Waals surface area contributed by atoms with Crippen molar-refractivity contribution in [3.8, 4) is 0 Å². The van der Waals surface area contributed by atoms with Gasteiger partial charge < -0.3 is 8.88 Å². The second kappa shape index (κ2) is 4.45. The van der Waals surface area contributed by atoms with E-state index in [0.717, 1.165) is 6.04 Å². The maximum atomic E-state index is 3.72. The van der Waals surface area contributed by atoms with Crippen LogP contribution >= 0.6 is 0 Å². The molecule has 2 nitrogen and oxygen atoms in total. The Morgan fingerprint density at radius 3 is 2.40 bits per heavy atom. The molecule has 1 N–H and O–H groups in total. The second-order valence-corrected chi connectivity index (χ2v) is 12.8. The molecule has 0 amide bonds. The Kier molecular flexibility index (Phi) is 3.86. The van der Waals surface area contributed by atoms with E-state index in [4.69, 9.17) is 0 Å². The van der Waals surface area contributed by atoms with Gasteiger partial charge in [0, 0.05) is 6.04 Å². The minimum atomic E-state index is 0.0235. The highest BCUT2D eigenvalue weighted by atomic mass is 28.3. The first-order chi connectivity index (χ1) is 4.79. The molecule has 1 fully saturated rings. The average molecular weight is 190 g/mol. The van der Waals surface area contributed by atoms with Crippen LogP contribution in [0.1, 0.15) is 25.7 Å². The summed E-state index contributed by atoms with van der Waals surface area (Å²) < 4.78 is 2.60. The van der Waals surface area contributed by atoms with E-state index in [1.54, 1.807) is 0 Å². The lowest BCUT2D eigenvalue weighted by Crippen LogP contribution is -2.39. The Labute approximate surface area is 71.7 Å². The summed E-state index contributed by atoms with van der Waals surface area (Å²) in [7, 11) is 2.61. The first kappa shape index (κ1) is 8.67. The van der Waals surface area contributed by atoms with Gasteiger partial charge in [0.15, 0.2) is 9.84 Å². The zero-order chi connectivity index (χ0) is 7.40. The van der Waals surface area contributed by atoms with Crippen molar-refractivity contribution in [2.24, 2.45) is 0 Å². The van der Waals surface area contributed by atoms with Crippen LogP contribution in [0, 0.1) is 0 Å². The molecule has 1 saturated carbocycles. The zero-order valence-corrected chi connectivity index (χ0v) is 12.5. The summed E-state index contributed by atoms with van der Waals surface area (Å²) in [6.45, 7) is 0. The summed E-state index contributed by atoms with van der Waals surface area (Å²) in [6.07, 6.45) is 5.83. The number of nitrogens with zero attached hydrogens (tertiary/aromatic N) is 1. The van der Waals surface area contributed by atoms with Crippen LogP contribution in [0.25, 0.3) is 0 Å². The molecule has 1 aliphatic carbocycles. The van der Waals surface area contributed by atoms with Gasteiger partial charge in [0.2, 0.25) is 0 Å². The molecule has 0 spiro atoms. The van der Waals surface area contributed by atoms with Gasteiger partial charge in [-0.05, 0) is 12.8 Å². The molecule has 0 saturated heterocycles. The van der Waals surface area contributed by atoms with Gasteiger partial charge in [-0.1, -0.05) is 12.8 Å². The third kappa shape index (κ3) is 3.11. The van der Waals surface area contributed by atoms with E-state index in [2.05, 4.69) is 8.88 Å². The lowest BCUT2D eigenvalue weighted by atomic mass is 10.3.